The Hall–Kier alpha value is -0.600. The Balaban J connectivity index is 4.44. The first kappa shape index (κ1) is 20.4. The number of rotatable bonds is 8. The average molecular weight is 330 g/mol. The van der Waals surface area contributed by atoms with Crippen molar-refractivity contribution in [3.8, 4) is 0 Å². The molecule has 0 spiro atoms. The lowest BCUT2D eigenvalue weighted by Crippen LogP contribution is -2.37. The Labute approximate surface area is 117 Å². The van der Waals surface area contributed by atoms with E-state index in [1.54, 1.807) is 0 Å². The van der Waals surface area contributed by atoms with Crippen LogP contribution in [0.2, 0.25) is 0 Å². The van der Waals surface area contributed by atoms with Crippen LogP contribution in [0.5, 0.6) is 0 Å². The normalized spacial score (nSPS) is 19.1. The van der Waals surface area contributed by atoms with E-state index in [4.69, 9.17) is 4.74 Å². The smallest absolute Gasteiger partial charge is 0.381 e. The van der Waals surface area contributed by atoms with E-state index in [2.05, 4.69) is 0 Å². The number of halogens is 8. The summed E-state index contributed by atoms with van der Waals surface area (Å²) in [6.45, 7) is 1.19. The zero-order chi connectivity index (χ0) is 16.8. The summed E-state index contributed by atoms with van der Waals surface area (Å²) in [6, 6.07) is 0. The lowest BCUT2D eigenvalue weighted by atomic mass is 10.00. The first-order valence-corrected chi connectivity index (χ1v) is 6.44. The largest absolute Gasteiger partial charge is 0.420 e. The van der Waals surface area contributed by atoms with Crippen molar-refractivity contribution < 1.29 is 39.9 Å². The second-order valence-corrected chi connectivity index (χ2v) is 4.76. The predicted molar refractivity (Wildman–Crippen MR) is 60.3 cm³/mol. The van der Waals surface area contributed by atoms with Gasteiger partial charge in [-0.05, 0) is 12.8 Å². The van der Waals surface area contributed by atoms with Crippen molar-refractivity contribution >= 4 is 0 Å². The maximum Gasteiger partial charge on any atom is 0.420 e. The van der Waals surface area contributed by atoms with Crippen molar-refractivity contribution in [2.45, 2.75) is 51.4 Å². The Bertz CT molecular complexity index is 260. The third kappa shape index (κ3) is 6.80. The molecule has 0 amide bonds. The van der Waals surface area contributed by atoms with E-state index in [0.29, 0.717) is 0 Å². The van der Waals surface area contributed by atoms with Crippen LogP contribution in [0.4, 0.5) is 35.1 Å². The summed E-state index contributed by atoms with van der Waals surface area (Å²) >= 11 is 0. The van der Waals surface area contributed by atoms with Gasteiger partial charge in [0.05, 0.1) is 13.2 Å². The fourth-order valence-electron chi connectivity index (χ4n) is 1.72. The lowest BCUT2D eigenvalue weighted by molar-refractivity contribution is -0.206. The molecule has 0 bridgehead atoms. The first-order chi connectivity index (χ1) is 9.45. The van der Waals surface area contributed by atoms with E-state index < -0.39 is 49.7 Å². The molecule has 0 heterocycles. The minimum Gasteiger partial charge on any atom is -0.381 e. The highest BCUT2D eigenvalue weighted by molar-refractivity contribution is 4.77. The molecule has 4 unspecified atom stereocenters. The van der Waals surface area contributed by atoms with Gasteiger partial charge in [-0.1, -0.05) is 13.8 Å². The average Bonchev–Trinajstić information content (AvgIpc) is 2.35. The molecule has 128 valence electrons. The van der Waals surface area contributed by atoms with Gasteiger partial charge in [-0.2, -0.15) is 26.3 Å². The topological polar surface area (TPSA) is 9.23 Å². The second kappa shape index (κ2) is 8.14. The van der Waals surface area contributed by atoms with Gasteiger partial charge in [0.15, 0.2) is 12.3 Å². The monoisotopic (exact) mass is 330 g/mol. The van der Waals surface area contributed by atoms with Crippen LogP contribution in [-0.4, -0.2) is 37.9 Å². The third-order valence-corrected chi connectivity index (χ3v) is 3.17. The van der Waals surface area contributed by atoms with E-state index in [1.165, 1.54) is 13.8 Å². The minimum atomic E-state index is -5.05. The summed E-state index contributed by atoms with van der Waals surface area (Å²) in [5.74, 6) is -3.04. The van der Waals surface area contributed by atoms with Crippen LogP contribution in [0.15, 0.2) is 0 Å². The van der Waals surface area contributed by atoms with Gasteiger partial charge in [0.2, 0.25) is 0 Å². The Morgan fingerprint density at radius 3 is 1.19 bits per heavy atom. The summed E-state index contributed by atoms with van der Waals surface area (Å²) in [6.07, 6.45) is -16.7. The molecule has 0 aromatic rings. The van der Waals surface area contributed by atoms with Gasteiger partial charge < -0.3 is 4.74 Å². The Morgan fingerprint density at radius 1 is 0.714 bits per heavy atom. The van der Waals surface area contributed by atoms with Gasteiger partial charge in [-0.15, -0.1) is 0 Å². The highest BCUT2D eigenvalue weighted by Gasteiger charge is 2.46. The third-order valence-electron chi connectivity index (χ3n) is 3.17. The fourth-order valence-corrected chi connectivity index (χ4v) is 1.72. The number of hydrogen-bond donors (Lipinski definition) is 0. The number of hydrogen-bond acceptors (Lipinski definition) is 1. The Morgan fingerprint density at radius 2 is 1.00 bits per heavy atom. The molecular weight excluding hydrogens is 312 g/mol. The second-order valence-electron chi connectivity index (χ2n) is 4.76. The molecule has 0 rings (SSSR count). The SMILES string of the molecule is CCC(COCC(CC)C(F)C(F)(F)F)C(F)C(F)(F)F. The van der Waals surface area contributed by atoms with Crippen LogP contribution < -0.4 is 0 Å². The molecule has 9 heteroatoms. The van der Waals surface area contributed by atoms with Gasteiger partial charge >= 0.3 is 12.4 Å². The zero-order valence-corrected chi connectivity index (χ0v) is 11.6. The summed E-state index contributed by atoms with van der Waals surface area (Å²) in [5.41, 5.74) is 0. The molecule has 0 radical (unpaired) electrons. The summed E-state index contributed by atoms with van der Waals surface area (Å²) in [5, 5.41) is 0. The van der Waals surface area contributed by atoms with Gasteiger partial charge in [0, 0.05) is 11.8 Å². The maximum atomic E-state index is 13.1. The molecule has 0 saturated carbocycles. The summed E-state index contributed by atoms with van der Waals surface area (Å²) in [7, 11) is 0. The van der Waals surface area contributed by atoms with Crippen molar-refractivity contribution in [1.82, 2.24) is 0 Å². The van der Waals surface area contributed by atoms with Crippen molar-refractivity contribution in [3.05, 3.63) is 0 Å². The lowest BCUT2D eigenvalue weighted by Gasteiger charge is -2.25. The fraction of sp³-hybridized carbons (Fsp3) is 1.00. The molecule has 0 aliphatic heterocycles. The number of ether oxygens (including phenoxy) is 1. The first-order valence-electron chi connectivity index (χ1n) is 6.44. The predicted octanol–water partition coefficient (Wildman–Crippen LogP) is 4.86. The van der Waals surface area contributed by atoms with Gasteiger partial charge in [0.1, 0.15) is 0 Å². The minimum absolute atomic E-state index is 0.199. The molecule has 0 saturated heterocycles. The van der Waals surface area contributed by atoms with E-state index in [-0.39, 0.29) is 12.8 Å². The molecule has 0 aliphatic rings. The molecule has 1 nitrogen and oxygen atoms in total. The summed E-state index contributed by atoms with van der Waals surface area (Å²) in [4.78, 5) is 0. The van der Waals surface area contributed by atoms with Crippen molar-refractivity contribution in [2.24, 2.45) is 11.8 Å². The van der Waals surface area contributed by atoms with Crippen molar-refractivity contribution in [3.63, 3.8) is 0 Å². The van der Waals surface area contributed by atoms with Crippen LogP contribution in [0.25, 0.3) is 0 Å². The highest BCUT2D eigenvalue weighted by atomic mass is 19.4. The zero-order valence-electron chi connectivity index (χ0n) is 11.6. The van der Waals surface area contributed by atoms with Crippen LogP contribution in [-0.2, 0) is 4.74 Å². The molecule has 0 aromatic heterocycles. The van der Waals surface area contributed by atoms with E-state index >= 15 is 0 Å². The molecular formula is C12H18F8O. The molecule has 0 aromatic carbocycles. The van der Waals surface area contributed by atoms with Crippen molar-refractivity contribution in [2.75, 3.05) is 13.2 Å². The quantitative estimate of drug-likeness (QED) is 0.578. The highest BCUT2D eigenvalue weighted by Crippen LogP contribution is 2.32. The summed E-state index contributed by atoms with van der Waals surface area (Å²) < 4.78 is 104. The van der Waals surface area contributed by atoms with Crippen LogP contribution in [0, 0.1) is 11.8 Å². The van der Waals surface area contributed by atoms with Gasteiger partial charge in [-0.3, -0.25) is 0 Å². The van der Waals surface area contributed by atoms with Crippen molar-refractivity contribution in [1.29, 1.82) is 0 Å². The molecule has 0 N–H and O–H groups in total. The van der Waals surface area contributed by atoms with Gasteiger partial charge in [-0.25, -0.2) is 8.78 Å². The van der Waals surface area contributed by atoms with E-state index in [0.717, 1.165) is 0 Å². The van der Waals surface area contributed by atoms with Crippen LogP contribution >= 0.6 is 0 Å². The Kier molecular flexibility index (Phi) is 7.91. The molecule has 0 fully saturated rings. The molecule has 4 atom stereocenters. The molecule has 0 aliphatic carbocycles. The molecule has 21 heavy (non-hydrogen) atoms. The standard InChI is InChI=1S/C12H18F8O/c1-3-7(9(13)11(15,16)17)5-21-6-8(4-2)10(14)12(18,19)20/h7-10H,3-6H2,1-2H3. The maximum absolute atomic E-state index is 13.1. The number of alkyl halides is 8. The van der Waals surface area contributed by atoms with E-state index in [9.17, 15) is 35.1 Å². The van der Waals surface area contributed by atoms with Gasteiger partial charge in [0.25, 0.3) is 0 Å². The van der Waals surface area contributed by atoms with Crippen LogP contribution in [0.1, 0.15) is 26.7 Å². The van der Waals surface area contributed by atoms with E-state index in [1.807, 2.05) is 0 Å². The van der Waals surface area contributed by atoms with Crippen LogP contribution in [0.3, 0.4) is 0 Å².